The number of fused-ring (bicyclic) bond motifs is 7. The van der Waals surface area contributed by atoms with Crippen LogP contribution in [0.15, 0.2) is 138 Å². The van der Waals surface area contributed by atoms with Crippen molar-refractivity contribution in [3.05, 3.63) is 133 Å². The molecule has 2 heterocycles. The summed E-state index contributed by atoms with van der Waals surface area (Å²) in [7, 11) is 60.2. The summed E-state index contributed by atoms with van der Waals surface area (Å²) < 4.78 is 6.29. The number of benzene rings is 9. The van der Waals surface area contributed by atoms with Crippen LogP contribution in [-0.4, -0.2) is 85.6 Å². The zero-order chi connectivity index (χ0) is 44.1. The molecule has 2 aromatic heterocycles. The van der Waals surface area contributed by atoms with Gasteiger partial charge in [0, 0.05) is 27.5 Å². The third kappa shape index (κ3) is 6.15. The Balaban J connectivity index is 1.15. The van der Waals surface area contributed by atoms with E-state index in [0.29, 0.717) is 50.1 Å². The van der Waals surface area contributed by atoms with Crippen molar-refractivity contribution in [2.45, 2.75) is 0 Å². The van der Waals surface area contributed by atoms with E-state index in [1.54, 1.807) is 0 Å². The van der Waals surface area contributed by atoms with Gasteiger partial charge in [-0.15, -0.1) is 16.4 Å². The van der Waals surface area contributed by atoms with Gasteiger partial charge in [0.25, 0.3) is 0 Å². The molecule has 9 aromatic carbocycles. The lowest BCUT2D eigenvalue weighted by atomic mass is 9.58. The first-order valence-electron chi connectivity index (χ1n) is 20.4. The van der Waals surface area contributed by atoms with E-state index in [9.17, 15) is 0 Å². The molecule has 0 aliphatic carbocycles. The third-order valence-corrected chi connectivity index (χ3v) is 12.3. The van der Waals surface area contributed by atoms with Crippen LogP contribution in [0.2, 0.25) is 0 Å². The first-order valence-corrected chi connectivity index (χ1v) is 20.4. The topological polar surface area (TPSA) is 51.8 Å². The largest absolute Gasteiger partial charge is 0.456 e. The minimum atomic E-state index is 0.0434. The minimum Gasteiger partial charge on any atom is -0.456 e. The first kappa shape index (κ1) is 40.0. The van der Waals surface area contributed by atoms with Crippen molar-refractivity contribution in [1.29, 1.82) is 0 Å². The van der Waals surface area contributed by atoms with Crippen molar-refractivity contribution in [1.82, 2.24) is 15.0 Å². The molecule has 0 bridgehead atoms. The Labute approximate surface area is 381 Å². The number of rotatable bonds is 5. The van der Waals surface area contributed by atoms with Crippen LogP contribution in [0.25, 0.3) is 111 Å². The van der Waals surface area contributed by atoms with E-state index in [0.717, 1.165) is 33.0 Å². The summed E-state index contributed by atoms with van der Waals surface area (Å²) in [5.41, 5.74) is 7.91. The summed E-state index contributed by atoms with van der Waals surface area (Å²) in [6, 6.07) is 44.8. The van der Waals surface area contributed by atoms with E-state index in [1.165, 1.54) is 10.8 Å². The Kier molecular flexibility index (Phi) is 9.47. The van der Waals surface area contributed by atoms with E-state index in [4.69, 9.17) is 90.0 Å². The maximum atomic E-state index is 6.97. The summed E-state index contributed by atoms with van der Waals surface area (Å²) in [6.45, 7) is 0. The summed E-state index contributed by atoms with van der Waals surface area (Å²) in [5, 5.41) is 5.32. The van der Waals surface area contributed by atoms with Crippen LogP contribution in [0.3, 0.4) is 0 Å². The second-order valence-electron chi connectivity index (χ2n) is 15.9. The van der Waals surface area contributed by atoms with Crippen molar-refractivity contribution < 1.29 is 4.42 Å². The molecule has 64 heavy (non-hydrogen) atoms. The van der Waals surface area contributed by atoms with Crippen molar-refractivity contribution >= 4 is 174 Å². The Morgan fingerprint density at radius 2 is 0.828 bits per heavy atom. The number of para-hydroxylation sites is 1. The molecule has 274 valence electrons. The van der Waals surface area contributed by atoms with Gasteiger partial charge in [0.15, 0.2) is 17.5 Å². The highest BCUT2D eigenvalue weighted by Crippen LogP contribution is 2.37. The van der Waals surface area contributed by atoms with Crippen LogP contribution in [-0.2, 0) is 0 Å². The van der Waals surface area contributed by atoms with Gasteiger partial charge in [-0.25, -0.2) is 15.0 Å². The fourth-order valence-electron chi connectivity index (χ4n) is 8.97. The number of hydrogen-bond donors (Lipinski definition) is 0. The van der Waals surface area contributed by atoms with Gasteiger partial charge in [-0.1, -0.05) is 142 Å². The summed E-state index contributed by atoms with van der Waals surface area (Å²) in [6.07, 6.45) is 0. The molecule has 18 radical (unpaired) electrons. The highest BCUT2D eigenvalue weighted by atomic mass is 16.3. The molecule has 0 atom stereocenters. The molecule has 0 amide bonds. The van der Waals surface area contributed by atoms with Crippen LogP contribution in [0.5, 0.6) is 0 Å². The average Bonchev–Trinajstić information content (AvgIpc) is 3.72. The maximum absolute atomic E-state index is 6.97. The van der Waals surface area contributed by atoms with Crippen LogP contribution >= 0.6 is 0 Å². The van der Waals surface area contributed by atoms with Crippen molar-refractivity contribution in [3.63, 3.8) is 0 Å². The molecule has 0 aliphatic rings. The van der Waals surface area contributed by atoms with Gasteiger partial charge in [-0.05, 0) is 78.8 Å². The van der Waals surface area contributed by atoms with E-state index >= 15 is 0 Å². The molecule has 0 saturated carbocycles. The molecule has 0 saturated heterocycles. The van der Waals surface area contributed by atoms with E-state index < -0.39 is 0 Å². The van der Waals surface area contributed by atoms with E-state index in [-0.39, 0.29) is 65.9 Å². The van der Waals surface area contributed by atoms with Gasteiger partial charge < -0.3 is 4.42 Å². The van der Waals surface area contributed by atoms with E-state index in [2.05, 4.69) is 60.7 Å². The lowest BCUT2D eigenvalue weighted by molar-refractivity contribution is 0.669. The highest BCUT2D eigenvalue weighted by Gasteiger charge is 2.25. The lowest BCUT2D eigenvalue weighted by Gasteiger charge is -2.27. The second kappa shape index (κ2) is 15.2. The Bertz CT molecular complexity index is 3800. The monoisotopic (exact) mass is 791 g/mol. The van der Waals surface area contributed by atoms with Gasteiger partial charge in [0.05, 0.1) is 0 Å². The molecule has 4 nitrogen and oxygen atoms in total. The minimum absolute atomic E-state index is 0.0434. The standard InChI is InChI=1S/C51H22B9N3O/c52-40-37-35(36-38(43(40)55)44(56)48(60)47(59)42(36)54)41(53)46(58)45(57)39(37)51-62-49(61-50(63-51)31-12-6-14-33-34(31)30-11-3-4-13-32(30)64-33)29-10-5-9-27(22-29)24-15-17-25(18-16-24)28-20-19-23-7-1-2-8-26(23)21-28/h1-22H. The number of aromatic nitrogens is 3. The van der Waals surface area contributed by atoms with E-state index in [1.807, 2.05) is 72.8 Å². The Hall–Kier alpha value is -6.85. The molecule has 13 heteroatoms. The van der Waals surface area contributed by atoms with Crippen LogP contribution in [0, 0.1) is 0 Å². The van der Waals surface area contributed by atoms with Crippen LogP contribution in [0.1, 0.15) is 0 Å². The molecule has 0 unspecified atom stereocenters. The Morgan fingerprint density at radius 1 is 0.312 bits per heavy atom. The van der Waals surface area contributed by atoms with Crippen LogP contribution in [0.4, 0.5) is 0 Å². The van der Waals surface area contributed by atoms with Gasteiger partial charge in [0.2, 0.25) is 0 Å². The summed E-state index contributed by atoms with van der Waals surface area (Å²) in [4.78, 5) is 15.4. The second-order valence-corrected chi connectivity index (χ2v) is 15.9. The molecule has 0 fully saturated rings. The van der Waals surface area contributed by atoms with Gasteiger partial charge in [-0.3, -0.25) is 0 Å². The molecular weight excluding hydrogens is 768 g/mol. The molecule has 0 aliphatic heterocycles. The predicted octanol–water partition coefficient (Wildman–Crippen LogP) is 2.71. The Morgan fingerprint density at radius 3 is 1.58 bits per heavy atom. The fourth-order valence-corrected chi connectivity index (χ4v) is 8.97. The number of furan rings is 1. The lowest BCUT2D eigenvalue weighted by Crippen LogP contribution is -2.51. The van der Waals surface area contributed by atoms with Gasteiger partial charge in [-0.2, -0.15) is 0 Å². The average molecular weight is 790 g/mol. The third-order valence-electron chi connectivity index (χ3n) is 12.3. The fraction of sp³-hybridized carbons (Fsp3) is 0. The van der Waals surface area contributed by atoms with Crippen molar-refractivity contribution in [3.8, 4) is 56.4 Å². The SMILES string of the molecule is [B]c1c([B])c([B])c2c(c1[B])c([B])c([B])c1c(-c3nc(-c4cccc(-c5ccc(-c6ccc7ccccc7c6)cc5)c4)nc(-c4cccc5oc6ccccc6c45)n3)c([B])c([B])c([B])c12. The number of hydrogen-bond acceptors (Lipinski definition) is 4. The molecule has 0 spiro atoms. The van der Waals surface area contributed by atoms with Crippen molar-refractivity contribution in [2.24, 2.45) is 0 Å². The first-order chi connectivity index (χ1) is 31.0. The maximum Gasteiger partial charge on any atom is 0.164 e. The molecule has 0 N–H and O–H groups in total. The zero-order valence-corrected chi connectivity index (χ0v) is 34.1. The van der Waals surface area contributed by atoms with Gasteiger partial charge in [0.1, 0.15) is 81.8 Å². The highest BCUT2D eigenvalue weighted by molar-refractivity contribution is 6.73. The van der Waals surface area contributed by atoms with Gasteiger partial charge >= 0.3 is 0 Å². The number of nitrogens with zero attached hydrogens (tertiary/aromatic N) is 3. The summed E-state index contributed by atoms with van der Waals surface area (Å²) in [5.74, 6) is 0.818. The van der Waals surface area contributed by atoms with Crippen LogP contribution < -0.4 is 49.2 Å². The molecule has 11 rings (SSSR count). The smallest absolute Gasteiger partial charge is 0.164 e. The van der Waals surface area contributed by atoms with Crippen molar-refractivity contribution in [2.75, 3.05) is 0 Å². The zero-order valence-electron chi connectivity index (χ0n) is 34.1. The molecular formula is C51H22B9N3O. The predicted molar refractivity (Wildman–Crippen MR) is 275 cm³/mol. The molecule has 11 aromatic rings. The normalized spacial score (nSPS) is 11.7. The summed E-state index contributed by atoms with van der Waals surface area (Å²) >= 11 is 0. The quantitative estimate of drug-likeness (QED) is 0.199.